The van der Waals surface area contributed by atoms with Crippen molar-refractivity contribution in [1.82, 2.24) is 10.1 Å². The molecule has 0 saturated carbocycles. The van der Waals surface area contributed by atoms with E-state index in [0.717, 1.165) is 10.0 Å². The zero-order valence-corrected chi connectivity index (χ0v) is 12.8. The van der Waals surface area contributed by atoms with E-state index < -0.39 is 6.10 Å². The van der Waals surface area contributed by atoms with Crippen molar-refractivity contribution in [2.45, 2.75) is 33.3 Å². The van der Waals surface area contributed by atoms with Crippen molar-refractivity contribution in [2.24, 2.45) is 5.41 Å². The minimum atomic E-state index is -0.514. The number of rotatable bonds is 3. The molecule has 0 aliphatic rings. The van der Waals surface area contributed by atoms with E-state index in [9.17, 15) is 5.11 Å². The lowest BCUT2D eigenvalue weighted by molar-refractivity contribution is 0.0565. The number of hydrogen-bond acceptors (Lipinski definition) is 4. The SMILES string of the molecule is CC(C)(C)C(O)Cc1nc(-c2ccccc2Br)no1. The van der Waals surface area contributed by atoms with Gasteiger partial charge in [0.05, 0.1) is 12.5 Å². The Labute approximate surface area is 121 Å². The van der Waals surface area contributed by atoms with Crippen LogP contribution in [-0.2, 0) is 6.42 Å². The first-order valence-corrected chi connectivity index (χ1v) is 6.93. The summed E-state index contributed by atoms with van der Waals surface area (Å²) in [5, 5.41) is 14.0. The van der Waals surface area contributed by atoms with E-state index >= 15 is 0 Å². The maximum Gasteiger partial charge on any atom is 0.229 e. The first-order valence-electron chi connectivity index (χ1n) is 6.13. The van der Waals surface area contributed by atoms with E-state index in [-0.39, 0.29) is 5.41 Å². The van der Waals surface area contributed by atoms with Crippen molar-refractivity contribution in [3.8, 4) is 11.4 Å². The number of benzene rings is 1. The largest absolute Gasteiger partial charge is 0.392 e. The molecule has 5 heteroatoms. The molecule has 1 atom stereocenters. The Morgan fingerprint density at radius 3 is 2.63 bits per heavy atom. The summed E-state index contributed by atoms with van der Waals surface area (Å²) >= 11 is 3.45. The van der Waals surface area contributed by atoms with Crippen LogP contribution in [0.5, 0.6) is 0 Å². The molecular weight excluding hydrogens is 308 g/mol. The quantitative estimate of drug-likeness (QED) is 0.939. The fourth-order valence-electron chi connectivity index (χ4n) is 1.56. The Balaban J connectivity index is 2.19. The second-order valence-corrected chi connectivity index (χ2v) is 6.43. The van der Waals surface area contributed by atoms with Crippen molar-refractivity contribution in [2.75, 3.05) is 0 Å². The molecule has 2 aromatic rings. The van der Waals surface area contributed by atoms with E-state index in [4.69, 9.17) is 4.52 Å². The first-order chi connectivity index (χ1) is 8.88. The minimum absolute atomic E-state index is 0.206. The van der Waals surface area contributed by atoms with Crippen molar-refractivity contribution in [3.05, 3.63) is 34.6 Å². The van der Waals surface area contributed by atoms with Crippen LogP contribution in [0.3, 0.4) is 0 Å². The van der Waals surface area contributed by atoms with E-state index in [2.05, 4.69) is 26.1 Å². The zero-order chi connectivity index (χ0) is 14.0. The van der Waals surface area contributed by atoms with Gasteiger partial charge >= 0.3 is 0 Å². The third-order valence-electron chi connectivity index (χ3n) is 2.95. The molecule has 0 fully saturated rings. The lowest BCUT2D eigenvalue weighted by Gasteiger charge is -2.24. The Morgan fingerprint density at radius 2 is 2.00 bits per heavy atom. The molecule has 2 rings (SSSR count). The summed E-state index contributed by atoms with van der Waals surface area (Å²) in [4.78, 5) is 4.33. The standard InChI is InChI=1S/C14H17BrN2O2/c1-14(2,3)11(18)8-12-16-13(17-19-12)9-6-4-5-7-10(9)15/h4-7,11,18H,8H2,1-3H3. The van der Waals surface area contributed by atoms with Gasteiger partial charge in [-0.25, -0.2) is 0 Å². The highest BCUT2D eigenvalue weighted by Crippen LogP contribution is 2.27. The third-order valence-corrected chi connectivity index (χ3v) is 3.64. The number of aliphatic hydroxyl groups is 1. The summed E-state index contributed by atoms with van der Waals surface area (Å²) in [6.07, 6.45) is -0.152. The summed E-state index contributed by atoms with van der Waals surface area (Å²) < 4.78 is 6.11. The molecule has 0 saturated heterocycles. The summed E-state index contributed by atoms with van der Waals surface area (Å²) in [5.41, 5.74) is 0.671. The molecule has 102 valence electrons. The molecule has 0 spiro atoms. The molecule has 1 unspecified atom stereocenters. The maximum absolute atomic E-state index is 10.0. The van der Waals surface area contributed by atoms with Gasteiger partial charge in [0.2, 0.25) is 11.7 Å². The van der Waals surface area contributed by atoms with Gasteiger partial charge in [0.15, 0.2) is 0 Å². The molecule has 4 nitrogen and oxygen atoms in total. The number of nitrogens with zero attached hydrogens (tertiary/aromatic N) is 2. The van der Waals surface area contributed by atoms with Crippen LogP contribution in [0.1, 0.15) is 26.7 Å². The fraction of sp³-hybridized carbons (Fsp3) is 0.429. The van der Waals surface area contributed by atoms with Gasteiger partial charge in [-0.2, -0.15) is 4.98 Å². The van der Waals surface area contributed by atoms with Crippen molar-refractivity contribution in [1.29, 1.82) is 0 Å². The maximum atomic E-state index is 10.0. The summed E-state index contributed by atoms with van der Waals surface area (Å²) in [5.74, 6) is 0.983. The van der Waals surface area contributed by atoms with Gasteiger partial charge in [0.1, 0.15) is 0 Å². The topological polar surface area (TPSA) is 59.2 Å². The highest BCUT2D eigenvalue weighted by Gasteiger charge is 2.25. The van der Waals surface area contributed by atoms with Crippen LogP contribution < -0.4 is 0 Å². The molecule has 0 amide bonds. The first kappa shape index (κ1) is 14.2. The Morgan fingerprint density at radius 1 is 1.32 bits per heavy atom. The van der Waals surface area contributed by atoms with Gasteiger partial charge in [-0.1, -0.05) is 54.0 Å². The Kier molecular flexibility index (Phi) is 4.06. The van der Waals surface area contributed by atoms with Crippen molar-refractivity contribution in [3.63, 3.8) is 0 Å². The molecule has 0 aliphatic carbocycles. The monoisotopic (exact) mass is 324 g/mol. The van der Waals surface area contributed by atoms with E-state index in [1.165, 1.54) is 0 Å². The average Bonchev–Trinajstić information content (AvgIpc) is 2.76. The van der Waals surface area contributed by atoms with Gasteiger partial charge in [0.25, 0.3) is 0 Å². The third kappa shape index (κ3) is 3.42. The fourth-order valence-corrected chi connectivity index (χ4v) is 2.02. The molecule has 1 heterocycles. The van der Waals surface area contributed by atoms with Crippen LogP contribution >= 0.6 is 15.9 Å². The summed E-state index contributed by atoms with van der Waals surface area (Å²) in [6, 6.07) is 7.69. The number of halogens is 1. The average molecular weight is 325 g/mol. The van der Waals surface area contributed by atoms with E-state index in [1.807, 2.05) is 45.0 Å². The predicted octanol–water partition coefficient (Wildman–Crippen LogP) is 3.45. The molecule has 1 aromatic heterocycles. The van der Waals surface area contributed by atoms with Crippen LogP contribution in [0.25, 0.3) is 11.4 Å². The van der Waals surface area contributed by atoms with Crippen LogP contribution in [0, 0.1) is 5.41 Å². The Bertz CT molecular complexity index is 561. The smallest absolute Gasteiger partial charge is 0.229 e. The highest BCUT2D eigenvalue weighted by atomic mass is 79.9. The van der Waals surface area contributed by atoms with Gasteiger partial charge in [-0.05, 0) is 17.5 Å². The number of aliphatic hydroxyl groups excluding tert-OH is 1. The second-order valence-electron chi connectivity index (χ2n) is 5.58. The van der Waals surface area contributed by atoms with Crippen LogP contribution in [0.15, 0.2) is 33.3 Å². The van der Waals surface area contributed by atoms with Crippen molar-refractivity contribution < 1.29 is 9.63 Å². The zero-order valence-electron chi connectivity index (χ0n) is 11.2. The summed E-state index contributed by atoms with van der Waals surface area (Å²) in [6.45, 7) is 5.92. The van der Waals surface area contributed by atoms with Gasteiger partial charge < -0.3 is 9.63 Å². The lowest BCUT2D eigenvalue weighted by atomic mass is 9.87. The molecular formula is C14H17BrN2O2. The van der Waals surface area contributed by atoms with Gasteiger partial charge in [-0.3, -0.25) is 0 Å². The Hall–Kier alpha value is -1.20. The van der Waals surface area contributed by atoms with Crippen molar-refractivity contribution >= 4 is 15.9 Å². The molecule has 0 radical (unpaired) electrons. The van der Waals surface area contributed by atoms with Gasteiger partial charge in [-0.15, -0.1) is 0 Å². The minimum Gasteiger partial charge on any atom is -0.392 e. The lowest BCUT2D eigenvalue weighted by Crippen LogP contribution is -2.28. The van der Waals surface area contributed by atoms with Crippen LogP contribution in [0.4, 0.5) is 0 Å². The molecule has 19 heavy (non-hydrogen) atoms. The molecule has 1 N–H and O–H groups in total. The second kappa shape index (κ2) is 5.43. The predicted molar refractivity (Wildman–Crippen MR) is 76.6 cm³/mol. The summed E-state index contributed by atoms with van der Waals surface area (Å²) in [7, 11) is 0. The van der Waals surface area contributed by atoms with Crippen LogP contribution in [-0.4, -0.2) is 21.4 Å². The van der Waals surface area contributed by atoms with E-state index in [0.29, 0.717) is 18.1 Å². The molecule has 0 aliphatic heterocycles. The normalized spacial score (nSPS) is 13.5. The van der Waals surface area contributed by atoms with E-state index in [1.54, 1.807) is 0 Å². The highest BCUT2D eigenvalue weighted by molar-refractivity contribution is 9.10. The van der Waals surface area contributed by atoms with Gasteiger partial charge in [0, 0.05) is 10.0 Å². The number of aromatic nitrogens is 2. The number of hydrogen-bond donors (Lipinski definition) is 1. The molecule has 0 bridgehead atoms. The van der Waals surface area contributed by atoms with Crippen LogP contribution in [0.2, 0.25) is 0 Å². The molecule has 1 aromatic carbocycles.